The molecule has 1 N–H and O–H groups in total. The molecule has 6 nitrogen and oxygen atoms in total. The van der Waals surface area contributed by atoms with Gasteiger partial charge in [0.05, 0.1) is 11.4 Å². The second-order valence-electron chi connectivity index (χ2n) is 11.7. The van der Waals surface area contributed by atoms with Crippen LogP contribution in [0.15, 0.2) is 84.1 Å². The summed E-state index contributed by atoms with van der Waals surface area (Å²) in [5.74, 6) is 0.573. The summed E-state index contributed by atoms with van der Waals surface area (Å²) in [4.78, 5) is 33.0. The molecule has 2 heterocycles. The Hall–Kier alpha value is -4.32. The van der Waals surface area contributed by atoms with Gasteiger partial charge >= 0.3 is 0 Å². The van der Waals surface area contributed by atoms with E-state index in [1.54, 1.807) is 12.3 Å². The van der Waals surface area contributed by atoms with Crippen molar-refractivity contribution in [2.45, 2.75) is 84.5 Å². The Morgan fingerprint density at radius 1 is 0.822 bits per heavy atom. The third-order valence-corrected chi connectivity index (χ3v) is 7.96. The third kappa shape index (κ3) is 11.3. The second-order valence-corrected chi connectivity index (χ2v) is 11.7. The first-order valence-electron chi connectivity index (χ1n) is 16.5. The molecule has 0 fully saturated rings. The molecule has 45 heavy (non-hydrogen) atoms. The minimum Gasteiger partial charge on any atom is -0.486 e. The van der Waals surface area contributed by atoms with Gasteiger partial charge in [-0.3, -0.25) is 19.6 Å². The van der Waals surface area contributed by atoms with Crippen molar-refractivity contribution in [2.24, 2.45) is 4.99 Å². The van der Waals surface area contributed by atoms with Crippen molar-refractivity contribution in [3.05, 3.63) is 101 Å². The molecule has 2 aromatic carbocycles. The largest absolute Gasteiger partial charge is 0.486 e. The van der Waals surface area contributed by atoms with Crippen LogP contribution in [0.1, 0.15) is 107 Å². The molecule has 236 valence electrons. The van der Waals surface area contributed by atoms with Gasteiger partial charge in [-0.1, -0.05) is 95.0 Å². The van der Waals surface area contributed by atoms with Crippen molar-refractivity contribution in [3.63, 3.8) is 0 Å². The van der Waals surface area contributed by atoms with Crippen LogP contribution in [0.3, 0.4) is 0 Å². The van der Waals surface area contributed by atoms with E-state index in [4.69, 9.17) is 9.73 Å². The number of nitrogens with one attached hydrogen (secondary N) is 1. The molecule has 1 amide bonds. The molecule has 6 heteroatoms. The van der Waals surface area contributed by atoms with Gasteiger partial charge in [0.1, 0.15) is 12.4 Å². The lowest BCUT2D eigenvalue weighted by Gasteiger charge is -2.09. The van der Waals surface area contributed by atoms with Gasteiger partial charge < -0.3 is 10.1 Å². The van der Waals surface area contributed by atoms with Crippen molar-refractivity contribution in [2.75, 3.05) is 13.2 Å². The number of pyridine rings is 1. The molecule has 0 spiro atoms. The van der Waals surface area contributed by atoms with E-state index in [0.717, 1.165) is 52.2 Å². The Bertz CT molecular complexity index is 1460. The summed E-state index contributed by atoms with van der Waals surface area (Å²) in [5, 5.41) is 3.02. The van der Waals surface area contributed by atoms with Crippen LogP contribution in [0.5, 0.6) is 5.75 Å². The highest BCUT2D eigenvalue weighted by Crippen LogP contribution is 2.37. The molecule has 0 atom stereocenters. The van der Waals surface area contributed by atoms with Crippen LogP contribution in [0, 0.1) is 0 Å². The van der Waals surface area contributed by atoms with E-state index in [0.29, 0.717) is 12.2 Å². The minimum absolute atomic E-state index is 0.0196. The average Bonchev–Trinajstić information content (AvgIpc) is 3.52. The summed E-state index contributed by atoms with van der Waals surface area (Å²) < 4.78 is 5.55. The van der Waals surface area contributed by atoms with Gasteiger partial charge in [0, 0.05) is 42.6 Å². The lowest BCUT2D eigenvalue weighted by Crippen LogP contribution is -2.21. The number of ketones is 1. The van der Waals surface area contributed by atoms with Crippen LogP contribution in [0.4, 0.5) is 0 Å². The maximum absolute atomic E-state index is 12.4. The first-order chi connectivity index (χ1) is 22.0. The van der Waals surface area contributed by atoms with Gasteiger partial charge in [0.2, 0.25) is 5.91 Å². The van der Waals surface area contributed by atoms with E-state index >= 15 is 0 Å². The van der Waals surface area contributed by atoms with E-state index in [-0.39, 0.29) is 18.3 Å². The standard InChI is InChI=1S/C39H47N3O3/c1-3-4-5-6-7-8-9-10-11-12-26-41-38(44)24-17-31-15-18-32(19-16-31)36-27-37(34-14-13-25-40-28-34)42-39(36)33-20-22-35(23-21-33)45-29-30(2)43/h13-25,28H,3-12,26-27,29H2,1-2H3,(H,41,44)/b24-17+. The van der Waals surface area contributed by atoms with E-state index in [2.05, 4.69) is 29.4 Å². The zero-order chi connectivity index (χ0) is 31.7. The number of amides is 1. The van der Waals surface area contributed by atoms with Gasteiger partial charge in [-0.15, -0.1) is 0 Å². The molecule has 1 aliphatic heterocycles. The number of aliphatic imine (C=N–C) groups is 1. The maximum Gasteiger partial charge on any atom is 0.243 e. The van der Waals surface area contributed by atoms with Crippen molar-refractivity contribution in [3.8, 4) is 5.75 Å². The number of hydrogen-bond donors (Lipinski definition) is 1. The lowest BCUT2D eigenvalue weighted by atomic mass is 9.95. The van der Waals surface area contributed by atoms with Crippen LogP contribution >= 0.6 is 0 Å². The predicted octanol–water partition coefficient (Wildman–Crippen LogP) is 8.86. The monoisotopic (exact) mass is 605 g/mol. The average molecular weight is 606 g/mol. The molecule has 0 aliphatic carbocycles. The summed E-state index contributed by atoms with van der Waals surface area (Å²) in [5.41, 5.74) is 7.00. The Morgan fingerprint density at radius 2 is 1.49 bits per heavy atom. The highest BCUT2D eigenvalue weighted by molar-refractivity contribution is 6.16. The predicted molar refractivity (Wildman–Crippen MR) is 185 cm³/mol. The second kappa shape index (κ2) is 18.5. The summed E-state index contributed by atoms with van der Waals surface area (Å²) >= 11 is 0. The van der Waals surface area contributed by atoms with Crippen LogP contribution in [0.25, 0.3) is 17.3 Å². The first kappa shape index (κ1) is 33.6. The molecular weight excluding hydrogens is 558 g/mol. The fourth-order valence-corrected chi connectivity index (χ4v) is 5.42. The number of unbranched alkanes of at least 4 members (excludes halogenated alkanes) is 9. The Labute approximate surface area is 268 Å². The molecule has 0 saturated carbocycles. The highest BCUT2D eigenvalue weighted by Gasteiger charge is 2.22. The highest BCUT2D eigenvalue weighted by atomic mass is 16.5. The topological polar surface area (TPSA) is 80.6 Å². The van der Waals surface area contributed by atoms with Crippen molar-refractivity contribution in [1.82, 2.24) is 10.3 Å². The number of carbonyl (C=O) groups excluding carboxylic acids is 2. The van der Waals surface area contributed by atoms with Crippen LogP contribution in [-0.4, -0.2) is 35.5 Å². The molecule has 3 aromatic rings. The lowest BCUT2D eigenvalue weighted by molar-refractivity contribution is -0.119. The SMILES string of the molecule is CCCCCCCCCCCCNC(=O)/C=C/c1ccc(C2=C(c3ccc(OCC(C)=O)cc3)N=C(c3cccnc3)C2)cc1. The van der Waals surface area contributed by atoms with E-state index in [9.17, 15) is 9.59 Å². The Kier molecular flexibility index (Phi) is 13.8. The smallest absolute Gasteiger partial charge is 0.243 e. The number of carbonyl (C=O) groups is 2. The van der Waals surface area contributed by atoms with E-state index < -0.39 is 0 Å². The van der Waals surface area contributed by atoms with Crippen LogP contribution in [-0.2, 0) is 9.59 Å². The number of rotatable bonds is 19. The first-order valence-corrected chi connectivity index (χ1v) is 16.5. The van der Waals surface area contributed by atoms with Gasteiger partial charge in [-0.05, 0) is 66.5 Å². The summed E-state index contributed by atoms with van der Waals surface area (Å²) in [6.07, 6.45) is 20.6. The number of nitrogens with zero attached hydrogens (tertiary/aromatic N) is 2. The van der Waals surface area contributed by atoms with Crippen molar-refractivity contribution >= 4 is 34.7 Å². The van der Waals surface area contributed by atoms with Gasteiger partial charge in [0.15, 0.2) is 5.78 Å². The summed E-state index contributed by atoms with van der Waals surface area (Å²) in [6.45, 7) is 4.54. The molecule has 4 rings (SSSR count). The summed E-state index contributed by atoms with van der Waals surface area (Å²) in [6, 6.07) is 19.9. The van der Waals surface area contributed by atoms with Gasteiger partial charge in [-0.2, -0.15) is 0 Å². The Balaban J connectivity index is 1.32. The number of hydrogen-bond acceptors (Lipinski definition) is 5. The zero-order valence-electron chi connectivity index (χ0n) is 26.9. The molecule has 0 unspecified atom stereocenters. The minimum atomic E-state index is -0.0546. The van der Waals surface area contributed by atoms with E-state index in [1.807, 2.05) is 60.8 Å². The third-order valence-electron chi connectivity index (χ3n) is 7.96. The maximum atomic E-state index is 12.4. The molecule has 0 radical (unpaired) electrons. The molecule has 0 saturated heterocycles. The van der Waals surface area contributed by atoms with Gasteiger partial charge in [-0.25, -0.2) is 0 Å². The Morgan fingerprint density at radius 3 is 2.13 bits per heavy atom. The number of benzene rings is 2. The van der Waals surface area contributed by atoms with E-state index in [1.165, 1.54) is 64.7 Å². The molecule has 0 bridgehead atoms. The molecule has 1 aliphatic rings. The molecular formula is C39H47N3O3. The summed E-state index contributed by atoms with van der Waals surface area (Å²) in [7, 11) is 0. The molecule has 1 aromatic heterocycles. The zero-order valence-corrected chi connectivity index (χ0v) is 26.9. The van der Waals surface area contributed by atoms with Crippen molar-refractivity contribution in [1.29, 1.82) is 0 Å². The van der Waals surface area contributed by atoms with Crippen LogP contribution < -0.4 is 10.1 Å². The fraction of sp³-hybridized carbons (Fsp3) is 0.385. The number of aromatic nitrogens is 1. The quantitative estimate of drug-likeness (QED) is 0.109. The van der Waals surface area contributed by atoms with Crippen LogP contribution in [0.2, 0.25) is 0 Å². The number of Topliss-reactive ketones (excluding diaryl/α,β-unsaturated/α-hetero) is 1. The fourth-order valence-electron chi connectivity index (χ4n) is 5.42. The van der Waals surface area contributed by atoms with Crippen molar-refractivity contribution < 1.29 is 14.3 Å². The normalized spacial score (nSPS) is 12.9. The number of allylic oxidation sites excluding steroid dienone is 1. The van der Waals surface area contributed by atoms with Gasteiger partial charge in [0.25, 0.3) is 0 Å². The number of ether oxygens (including phenoxy) is 1.